The smallest absolute Gasteiger partial charge is 0.370 e. The van der Waals surface area contributed by atoms with Gasteiger partial charge in [-0.25, -0.2) is 0 Å². The maximum absolute atomic E-state index is 12.6. The molecule has 7 heteroatoms. The summed E-state index contributed by atoms with van der Waals surface area (Å²) in [5, 5.41) is 0. The van der Waals surface area contributed by atoms with Crippen molar-refractivity contribution >= 4 is 5.91 Å². The minimum atomic E-state index is -4.36. The van der Waals surface area contributed by atoms with Gasteiger partial charge in [-0.05, 0) is 31.5 Å². The highest BCUT2D eigenvalue weighted by atomic mass is 19.4. The van der Waals surface area contributed by atoms with E-state index >= 15 is 0 Å². The van der Waals surface area contributed by atoms with Gasteiger partial charge >= 0.3 is 6.18 Å². The number of amides is 1. The second-order valence-corrected chi connectivity index (χ2v) is 5.36. The van der Waals surface area contributed by atoms with E-state index in [1.54, 1.807) is 11.8 Å². The fourth-order valence-corrected chi connectivity index (χ4v) is 2.52. The van der Waals surface area contributed by atoms with Crippen molar-refractivity contribution in [1.82, 2.24) is 4.90 Å². The maximum atomic E-state index is 12.6. The molecule has 0 spiro atoms. The van der Waals surface area contributed by atoms with Gasteiger partial charge in [-0.2, -0.15) is 13.2 Å². The number of nitrogens with zero attached hydrogens (tertiary/aromatic N) is 1. The van der Waals surface area contributed by atoms with Crippen molar-refractivity contribution in [3.63, 3.8) is 0 Å². The van der Waals surface area contributed by atoms with Crippen LogP contribution in [0.2, 0.25) is 0 Å². The number of hydrogen-bond acceptors (Lipinski definition) is 3. The van der Waals surface area contributed by atoms with Crippen molar-refractivity contribution in [2.75, 3.05) is 26.3 Å². The van der Waals surface area contributed by atoms with E-state index in [9.17, 15) is 18.0 Å². The van der Waals surface area contributed by atoms with Gasteiger partial charge in [0.1, 0.15) is 12.2 Å². The van der Waals surface area contributed by atoms with Crippen LogP contribution in [0.5, 0.6) is 0 Å². The van der Waals surface area contributed by atoms with Crippen molar-refractivity contribution in [3.05, 3.63) is 35.4 Å². The predicted octanol–water partition coefficient (Wildman–Crippen LogP) is 3.03. The molecule has 0 unspecified atom stereocenters. The van der Waals surface area contributed by atoms with Crippen LogP contribution in [0, 0.1) is 0 Å². The van der Waals surface area contributed by atoms with Gasteiger partial charge in [-0.3, -0.25) is 4.79 Å². The lowest BCUT2D eigenvalue weighted by Crippen LogP contribution is -2.46. The van der Waals surface area contributed by atoms with Gasteiger partial charge in [0.05, 0.1) is 18.7 Å². The molecule has 0 bridgehead atoms. The van der Waals surface area contributed by atoms with Crippen LogP contribution in [0.25, 0.3) is 0 Å². The Morgan fingerprint density at radius 3 is 2.61 bits per heavy atom. The molecule has 1 aliphatic heterocycles. The first kappa shape index (κ1) is 17.7. The summed E-state index contributed by atoms with van der Waals surface area (Å²) >= 11 is 0. The summed E-state index contributed by atoms with van der Waals surface area (Å²) in [6, 6.07) is 4.85. The van der Waals surface area contributed by atoms with E-state index in [4.69, 9.17) is 9.47 Å². The first-order chi connectivity index (χ1) is 10.8. The van der Waals surface area contributed by atoms with Crippen molar-refractivity contribution in [1.29, 1.82) is 0 Å². The summed E-state index contributed by atoms with van der Waals surface area (Å²) in [4.78, 5) is 13.9. The molecule has 1 saturated heterocycles. The van der Waals surface area contributed by atoms with E-state index in [1.165, 1.54) is 12.1 Å². The lowest BCUT2D eigenvalue weighted by molar-refractivity contribution is -0.150. The lowest BCUT2D eigenvalue weighted by atomic mass is 10.0. The molecule has 1 aliphatic rings. The van der Waals surface area contributed by atoms with E-state index in [-0.39, 0.29) is 5.91 Å². The molecule has 2 atom stereocenters. The molecule has 0 radical (unpaired) electrons. The number of carbonyl (C=O) groups is 1. The fourth-order valence-electron chi connectivity index (χ4n) is 2.52. The molecular weight excluding hydrogens is 311 g/mol. The third kappa shape index (κ3) is 4.45. The quantitative estimate of drug-likeness (QED) is 0.851. The monoisotopic (exact) mass is 331 g/mol. The largest absolute Gasteiger partial charge is 0.416 e. The maximum Gasteiger partial charge on any atom is 0.416 e. The zero-order valence-corrected chi connectivity index (χ0v) is 13.1. The van der Waals surface area contributed by atoms with E-state index < -0.39 is 23.9 Å². The Balaban J connectivity index is 2.05. The number of benzene rings is 1. The zero-order valence-electron chi connectivity index (χ0n) is 13.1. The fraction of sp³-hybridized carbons (Fsp3) is 0.562. The van der Waals surface area contributed by atoms with Crippen LogP contribution in [0.1, 0.15) is 31.1 Å². The van der Waals surface area contributed by atoms with Gasteiger partial charge in [-0.1, -0.05) is 12.1 Å². The normalized spacial score (nSPS) is 20.4. The third-order valence-corrected chi connectivity index (χ3v) is 3.75. The van der Waals surface area contributed by atoms with Gasteiger partial charge in [0.25, 0.3) is 5.91 Å². The number of hydrogen-bond donors (Lipinski definition) is 0. The van der Waals surface area contributed by atoms with Crippen LogP contribution in [-0.4, -0.2) is 43.2 Å². The third-order valence-electron chi connectivity index (χ3n) is 3.75. The molecule has 0 aromatic heterocycles. The van der Waals surface area contributed by atoms with Crippen LogP contribution in [-0.2, 0) is 20.4 Å². The minimum Gasteiger partial charge on any atom is -0.370 e. The predicted molar refractivity (Wildman–Crippen MR) is 77.8 cm³/mol. The molecule has 1 fully saturated rings. The summed E-state index contributed by atoms with van der Waals surface area (Å²) in [7, 11) is 0. The molecular formula is C16H20F3NO3. The van der Waals surface area contributed by atoms with Crippen LogP contribution in [0.4, 0.5) is 13.2 Å². The number of ether oxygens (including phenoxy) is 2. The molecule has 128 valence electrons. The van der Waals surface area contributed by atoms with Gasteiger partial charge < -0.3 is 14.4 Å². The van der Waals surface area contributed by atoms with Gasteiger partial charge in [0.2, 0.25) is 0 Å². The van der Waals surface area contributed by atoms with Crippen LogP contribution >= 0.6 is 0 Å². The van der Waals surface area contributed by atoms with Crippen LogP contribution in [0.15, 0.2) is 24.3 Å². The van der Waals surface area contributed by atoms with E-state index in [2.05, 4.69) is 0 Å². The number of alkyl halides is 3. The highest BCUT2D eigenvalue weighted by Gasteiger charge is 2.32. The van der Waals surface area contributed by atoms with Crippen molar-refractivity contribution in [3.8, 4) is 0 Å². The second-order valence-electron chi connectivity index (χ2n) is 5.36. The molecule has 1 amide bonds. The van der Waals surface area contributed by atoms with Gasteiger partial charge in [-0.15, -0.1) is 0 Å². The molecule has 0 saturated carbocycles. The molecule has 0 N–H and O–H groups in total. The minimum absolute atomic E-state index is 0.132. The Morgan fingerprint density at radius 2 is 2.04 bits per heavy atom. The summed E-state index contributed by atoms with van der Waals surface area (Å²) in [5.74, 6) is -0.132. The molecule has 2 rings (SSSR count). The highest BCUT2D eigenvalue weighted by Crippen LogP contribution is 2.31. The second kappa shape index (κ2) is 7.31. The van der Waals surface area contributed by atoms with E-state index in [0.29, 0.717) is 31.9 Å². The Labute approximate surface area is 133 Å². The number of halogens is 3. The molecule has 1 aromatic rings. The average Bonchev–Trinajstić information content (AvgIpc) is 2.54. The van der Waals surface area contributed by atoms with Crippen LogP contribution < -0.4 is 0 Å². The number of rotatable bonds is 4. The van der Waals surface area contributed by atoms with E-state index in [1.807, 2.05) is 6.92 Å². The highest BCUT2D eigenvalue weighted by molar-refractivity contribution is 5.80. The first-order valence-electron chi connectivity index (χ1n) is 7.52. The van der Waals surface area contributed by atoms with Crippen molar-refractivity contribution in [2.24, 2.45) is 0 Å². The van der Waals surface area contributed by atoms with Crippen LogP contribution in [0.3, 0.4) is 0 Å². The topological polar surface area (TPSA) is 38.8 Å². The molecule has 1 aromatic carbocycles. The summed E-state index contributed by atoms with van der Waals surface area (Å²) in [6.45, 7) is 5.05. The van der Waals surface area contributed by atoms with Gasteiger partial charge in [0, 0.05) is 13.2 Å². The average molecular weight is 331 g/mol. The Hall–Kier alpha value is -1.60. The summed E-state index contributed by atoms with van der Waals surface area (Å²) < 4.78 is 48.7. The summed E-state index contributed by atoms with van der Waals surface area (Å²) in [5.41, 5.74) is -0.0745. The van der Waals surface area contributed by atoms with Crippen molar-refractivity contribution < 1.29 is 27.4 Å². The lowest BCUT2D eigenvalue weighted by Gasteiger charge is -2.34. The standard InChI is InChI=1S/C16H20F3NO3/c1-3-22-11(2)15(21)20-8-9-23-14(10-20)12-4-6-13(7-5-12)16(17,18)19/h4-7,11,14H,3,8-10H2,1-2H3/t11-,14+/m1/s1. The van der Waals surface area contributed by atoms with Gasteiger partial charge in [0.15, 0.2) is 0 Å². The molecule has 0 aliphatic carbocycles. The van der Waals surface area contributed by atoms with E-state index in [0.717, 1.165) is 12.1 Å². The Kier molecular flexibility index (Phi) is 5.64. The number of carbonyl (C=O) groups excluding carboxylic acids is 1. The SMILES string of the molecule is CCO[C@H](C)C(=O)N1CCO[C@H](c2ccc(C(F)(F)F)cc2)C1. The molecule has 23 heavy (non-hydrogen) atoms. The summed E-state index contributed by atoms with van der Waals surface area (Å²) in [6.07, 6.45) is -5.32. The van der Waals surface area contributed by atoms with Crippen molar-refractivity contribution in [2.45, 2.75) is 32.2 Å². The molecule has 4 nitrogen and oxygen atoms in total. The number of morpholine rings is 1. The Bertz CT molecular complexity index is 530. The first-order valence-corrected chi connectivity index (χ1v) is 7.52. The zero-order chi connectivity index (χ0) is 17.0. The molecule has 1 heterocycles. The Morgan fingerprint density at radius 1 is 1.39 bits per heavy atom.